The number of hydrogen-bond donors (Lipinski definition) is 0. The van der Waals surface area contributed by atoms with E-state index in [1.807, 2.05) is 13.0 Å². The van der Waals surface area contributed by atoms with Crippen molar-refractivity contribution in [3.05, 3.63) is 65.0 Å². The van der Waals surface area contributed by atoms with Crippen LogP contribution in [0.3, 0.4) is 0 Å². The number of halogens is 1. The lowest BCUT2D eigenvalue weighted by molar-refractivity contribution is 0.103. The minimum atomic E-state index is -0.366. The van der Waals surface area contributed by atoms with Gasteiger partial charge in [-0.15, -0.1) is 0 Å². The van der Waals surface area contributed by atoms with Crippen LogP contribution in [0.2, 0.25) is 0 Å². The third-order valence-electron chi connectivity index (χ3n) is 3.00. The Bertz CT molecular complexity index is 620. The Balaban J connectivity index is 2.26. The van der Waals surface area contributed by atoms with Gasteiger partial charge in [0.25, 0.3) is 0 Å². The Morgan fingerprint density at radius 2 is 1.90 bits per heavy atom. The summed E-state index contributed by atoms with van der Waals surface area (Å²) in [4.78, 5) is 12.3. The van der Waals surface area contributed by atoms with Crippen molar-refractivity contribution >= 4 is 5.78 Å². The van der Waals surface area contributed by atoms with Gasteiger partial charge in [-0.1, -0.05) is 31.2 Å². The molecule has 20 heavy (non-hydrogen) atoms. The fourth-order valence-corrected chi connectivity index (χ4v) is 1.85. The number of hydrogen-bond acceptors (Lipinski definition) is 2. The molecule has 0 saturated carbocycles. The smallest absolute Gasteiger partial charge is 0.193 e. The summed E-state index contributed by atoms with van der Waals surface area (Å²) in [6.45, 7) is 4.30. The van der Waals surface area contributed by atoms with Gasteiger partial charge < -0.3 is 4.74 Å². The first-order chi connectivity index (χ1) is 9.61. The maximum atomic E-state index is 13.5. The van der Waals surface area contributed by atoms with Gasteiger partial charge in [0.1, 0.15) is 11.6 Å². The molecule has 0 heterocycles. The summed E-state index contributed by atoms with van der Waals surface area (Å²) < 4.78 is 19.0. The zero-order valence-corrected chi connectivity index (χ0v) is 11.7. The van der Waals surface area contributed by atoms with E-state index in [9.17, 15) is 9.18 Å². The molecular formula is C17H17FO2. The van der Waals surface area contributed by atoms with Gasteiger partial charge in [-0.3, -0.25) is 4.79 Å². The molecule has 0 aliphatic carbocycles. The molecule has 0 aromatic heterocycles. The molecule has 0 amide bonds. The standard InChI is InChI=1S/C17H17FO2/c1-3-9-20-15-6-4-5-13(10-15)17(19)14-8-7-12(2)16(18)11-14/h4-8,10-11H,3,9H2,1-2H3. The molecule has 0 fully saturated rings. The van der Waals surface area contributed by atoms with E-state index in [1.54, 1.807) is 37.3 Å². The normalized spacial score (nSPS) is 10.3. The van der Waals surface area contributed by atoms with Gasteiger partial charge in [-0.05, 0) is 37.1 Å². The van der Waals surface area contributed by atoms with Gasteiger partial charge in [-0.25, -0.2) is 4.39 Å². The summed E-state index contributed by atoms with van der Waals surface area (Å²) in [6, 6.07) is 11.5. The van der Waals surface area contributed by atoms with Crippen LogP contribution in [0.4, 0.5) is 4.39 Å². The molecule has 0 aliphatic rings. The van der Waals surface area contributed by atoms with Gasteiger partial charge in [-0.2, -0.15) is 0 Å². The van der Waals surface area contributed by atoms with Gasteiger partial charge in [0.05, 0.1) is 6.61 Å². The fourth-order valence-electron chi connectivity index (χ4n) is 1.85. The van der Waals surface area contributed by atoms with Crippen molar-refractivity contribution in [1.82, 2.24) is 0 Å². The van der Waals surface area contributed by atoms with E-state index in [-0.39, 0.29) is 11.6 Å². The second kappa shape index (κ2) is 6.33. The van der Waals surface area contributed by atoms with Crippen LogP contribution in [0.15, 0.2) is 42.5 Å². The van der Waals surface area contributed by atoms with Crippen molar-refractivity contribution in [3.63, 3.8) is 0 Å². The van der Waals surface area contributed by atoms with Crippen molar-refractivity contribution in [2.75, 3.05) is 6.61 Å². The molecule has 3 heteroatoms. The highest BCUT2D eigenvalue weighted by Crippen LogP contribution is 2.18. The molecule has 2 aromatic carbocycles. The Morgan fingerprint density at radius 3 is 2.60 bits per heavy atom. The summed E-state index contributed by atoms with van der Waals surface area (Å²) in [5.41, 5.74) is 1.38. The minimum absolute atomic E-state index is 0.203. The summed E-state index contributed by atoms with van der Waals surface area (Å²) >= 11 is 0. The molecule has 0 bridgehead atoms. The van der Waals surface area contributed by atoms with E-state index in [4.69, 9.17) is 4.74 Å². The minimum Gasteiger partial charge on any atom is -0.494 e. The lowest BCUT2D eigenvalue weighted by Crippen LogP contribution is -2.03. The van der Waals surface area contributed by atoms with Crippen LogP contribution in [0.25, 0.3) is 0 Å². The van der Waals surface area contributed by atoms with Gasteiger partial charge >= 0.3 is 0 Å². The van der Waals surface area contributed by atoms with Crippen LogP contribution in [0.1, 0.15) is 34.8 Å². The Morgan fingerprint density at radius 1 is 1.15 bits per heavy atom. The number of benzene rings is 2. The van der Waals surface area contributed by atoms with Crippen molar-refractivity contribution < 1.29 is 13.9 Å². The number of ketones is 1. The summed E-state index contributed by atoms with van der Waals surface area (Å²) in [7, 11) is 0. The average Bonchev–Trinajstić information content (AvgIpc) is 2.47. The first-order valence-corrected chi connectivity index (χ1v) is 6.65. The van der Waals surface area contributed by atoms with E-state index in [1.165, 1.54) is 6.07 Å². The Labute approximate surface area is 118 Å². The Kier molecular flexibility index (Phi) is 4.51. The van der Waals surface area contributed by atoms with E-state index in [0.29, 0.717) is 29.0 Å². The first-order valence-electron chi connectivity index (χ1n) is 6.65. The van der Waals surface area contributed by atoms with Crippen LogP contribution in [-0.2, 0) is 0 Å². The SMILES string of the molecule is CCCOc1cccc(C(=O)c2ccc(C)c(F)c2)c1. The highest BCUT2D eigenvalue weighted by Gasteiger charge is 2.11. The van der Waals surface area contributed by atoms with Crippen molar-refractivity contribution in [1.29, 1.82) is 0 Å². The quantitative estimate of drug-likeness (QED) is 0.764. The predicted molar refractivity (Wildman–Crippen MR) is 76.8 cm³/mol. The van der Waals surface area contributed by atoms with Crippen molar-refractivity contribution in [3.8, 4) is 5.75 Å². The molecule has 104 valence electrons. The first kappa shape index (κ1) is 14.3. The van der Waals surface area contributed by atoms with Gasteiger partial charge in [0.2, 0.25) is 0 Å². The number of aryl methyl sites for hydroxylation is 1. The molecule has 0 radical (unpaired) electrons. The molecule has 0 spiro atoms. The maximum absolute atomic E-state index is 13.5. The van der Waals surface area contributed by atoms with Crippen LogP contribution < -0.4 is 4.74 Å². The second-order valence-corrected chi connectivity index (χ2v) is 4.67. The van der Waals surface area contributed by atoms with E-state index >= 15 is 0 Å². The molecule has 0 saturated heterocycles. The molecular weight excluding hydrogens is 255 g/mol. The van der Waals surface area contributed by atoms with E-state index < -0.39 is 0 Å². The molecule has 0 N–H and O–H groups in total. The molecule has 2 nitrogen and oxygen atoms in total. The summed E-state index contributed by atoms with van der Waals surface area (Å²) in [6.07, 6.45) is 0.904. The van der Waals surface area contributed by atoms with Crippen LogP contribution >= 0.6 is 0 Å². The average molecular weight is 272 g/mol. The van der Waals surface area contributed by atoms with Crippen molar-refractivity contribution in [2.45, 2.75) is 20.3 Å². The highest BCUT2D eigenvalue weighted by atomic mass is 19.1. The Hall–Kier alpha value is -2.16. The number of carbonyl (C=O) groups is 1. The number of carbonyl (C=O) groups excluding carboxylic acids is 1. The van der Waals surface area contributed by atoms with Gasteiger partial charge in [0.15, 0.2) is 5.78 Å². The third-order valence-corrected chi connectivity index (χ3v) is 3.00. The second-order valence-electron chi connectivity index (χ2n) is 4.67. The fraction of sp³-hybridized carbons (Fsp3) is 0.235. The van der Waals surface area contributed by atoms with Gasteiger partial charge in [0, 0.05) is 11.1 Å². The lowest BCUT2D eigenvalue weighted by atomic mass is 10.0. The third kappa shape index (κ3) is 3.23. The van der Waals surface area contributed by atoms with Crippen LogP contribution in [0.5, 0.6) is 5.75 Å². The molecule has 0 unspecified atom stereocenters. The summed E-state index contributed by atoms with van der Waals surface area (Å²) in [5, 5.41) is 0. The van der Waals surface area contributed by atoms with E-state index in [2.05, 4.69) is 0 Å². The van der Waals surface area contributed by atoms with Crippen LogP contribution in [-0.4, -0.2) is 12.4 Å². The van der Waals surface area contributed by atoms with E-state index in [0.717, 1.165) is 6.42 Å². The zero-order chi connectivity index (χ0) is 14.5. The number of ether oxygens (including phenoxy) is 1. The monoisotopic (exact) mass is 272 g/mol. The zero-order valence-electron chi connectivity index (χ0n) is 11.7. The number of rotatable bonds is 5. The largest absolute Gasteiger partial charge is 0.494 e. The predicted octanol–water partition coefficient (Wildman–Crippen LogP) is 4.15. The van der Waals surface area contributed by atoms with Crippen LogP contribution in [0, 0.1) is 12.7 Å². The maximum Gasteiger partial charge on any atom is 0.193 e. The lowest BCUT2D eigenvalue weighted by Gasteiger charge is -2.07. The van der Waals surface area contributed by atoms with Crippen molar-refractivity contribution in [2.24, 2.45) is 0 Å². The summed E-state index contributed by atoms with van der Waals surface area (Å²) in [5.74, 6) is 0.0883. The highest BCUT2D eigenvalue weighted by molar-refractivity contribution is 6.09. The molecule has 0 aliphatic heterocycles. The molecule has 2 aromatic rings. The molecule has 2 rings (SSSR count). The topological polar surface area (TPSA) is 26.3 Å². The molecule has 0 atom stereocenters.